The van der Waals surface area contributed by atoms with E-state index in [1.807, 2.05) is 13.8 Å². The zero-order chi connectivity index (χ0) is 17.1. The van der Waals surface area contributed by atoms with Crippen LogP contribution in [-0.2, 0) is 20.2 Å². The van der Waals surface area contributed by atoms with Gasteiger partial charge in [-0.15, -0.1) is 0 Å². The lowest BCUT2D eigenvalue weighted by Crippen LogP contribution is -2.23. The largest absolute Gasteiger partial charge is 0.508 e. The second-order valence-corrected chi connectivity index (χ2v) is 7.55. The number of phenols is 1. The summed E-state index contributed by atoms with van der Waals surface area (Å²) in [5, 5.41) is 18.1. The summed E-state index contributed by atoms with van der Waals surface area (Å²) in [6.07, 6.45) is 0. The van der Waals surface area contributed by atoms with Crippen LogP contribution in [-0.4, -0.2) is 31.8 Å². The lowest BCUT2D eigenvalue weighted by atomic mass is 9.98. The molecule has 0 saturated heterocycles. The fourth-order valence-electron chi connectivity index (χ4n) is 2.18. The summed E-state index contributed by atoms with van der Waals surface area (Å²) in [7, 11) is -3.63. The Morgan fingerprint density at radius 3 is 1.91 bits per heavy atom. The third kappa shape index (κ3) is 3.90. The fourth-order valence-corrected chi connectivity index (χ4v) is 3.44. The van der Waals surface area contributed by atoms with Crippen LogP contribution in [0.15, 0.2) is 58.3 Å². The van der Waals surface area contributed by atoms with Gasteiger partial charge in [-0.2, -0.15) is 0 Å². The zero-order valence-corrected chi connectivity index (χ0v) is 13.9. The number of hydrogen-bond donors (Lipinski definition) is 2. The first-order valence-corrected chi connectivity index (χ1v) is 8.65. The number of phenolic OH excluding ortho intramolecular Hbond substituents is 1. The molecule has 0 aromatic heterocycles. The van der Waals surface area contributed by atoms with Crippen LogP contribution < -0.4 is 0 Å². The van der Waals surface area contributed by atoms with E-state index >= 15 is 0 Å². The monoisotopic (exact) mass is 336 g/mol. The summed E-state index contributed by atoms with van der Waals surface area (Å²) in [6, 6.07) is 11.9. The van der Waals surface area contributed by atoms with Crippen LogP contribution in [0, 0.1) is 0 Å². The van der Waals surface area contributed by atoms with E-state index in [-0.39, 0.29) is 28.8 Å². The number of rotatable bonds is 6. The lowest BCUT2D eigenvalue weighted by Gasteiger charge is -2.25. The van der Waals surface area contributed by atoms with E-state index in [4.69, 9.17) is 9.84 Å². The molecule has 0 spiro atoms. The molecule has 0 amide bonds. The third-order valence-corrected chi connectivity index (χ3v) is 5.35. The summed E-state index contributed by atoms with van der Waals surface area (Å²) in [4.78, 5) is 0.295. The van der Waals surface area contributed by atoms with Gasteiger partial charge in [-0.05, 0) is 55.8 Å². The number of aliphatic hydroxyl groups excluding tert-OH is 1. The van der Waals surface area contributed by atoms with E-state index < -0.39 is 15.4 Å². The second kappa shape index (κ2) is 6.70. The highest BCUT2D eigenvalue weighted by atomic mass is 32.2. The summed E-state index contributed by atoms with van der Waals surface area (Å²) < 4.78 is 30.6. The predicted molar refractivity (Wildman–Crippen MR) is 86.1 cm³/mol. The Hall–Kier alpha value is -1.89. The van der Waals surface area contributed by atoms with E-state index in [0.29, 0.717) is 0 Å². The maximum atomic E-state index is 12.5. The molecule has 0 unspecified atom stereocenters. The Labute approximate surface area is 136 Å². The highest BCUT2D eigenvalue weighted by Gasteiger charge is 2.23. The Morgan fingerprint density at radius 1 is 0.957 bits per heavy atom. The molecular weight excluding hydrogens is 316 g/mol. The number of aromatic hydroxyl groups is 1. The molecule has 2 aromatic rings. The van der Waals surface area contributed by atoms with Crippen LogP contribution in [0.2, 0.25) is 0 Å². The van der Waals surface area contributed by atoms with Gasteiger partial charge < -0.3 is 14.9 Å². The van der Waals surface area contributed by atoms with Gasteiger partial charge in [0, 0.05) is 0 Å². The Kier molecular flexibility index (Phi) is 5.09. The highest BCUT2D eigenvalue weighted by Crippen LogP contribution is 2.28. The Balaban J connectivity index is 2.30. The number of ether oxygens (including phenoxy) is 1. The molecule has 0 aliphatic carbocycles. The van der Waals surface area contributed by atoms with E-state index in [9.17, 15) is 13.5 Å². The highest BCUT2D eigenvalue weighted by molar-refractivity contribution is 7.91. The summed E-state index contributed by atoms with van der Waals surface area (Å²) in [6.45, 7) is 3.84. The summed E-state index contributed by atoms with van der Waals surface area (Å²) >= 11 is 0. The second-order valence-electron chi connectivity index (χ2n) is 5.60. The van der Waals surface area contributed by atoms with Crippen LogP contribution >= 0.6 is 0 Å². The first kappa shape index (κ1) is 17.5. The standard InChI is InChI=1S/C17H20O5S/c1-17(2,22-12-11-18)13-3-7-15(8-4-13)23(20,21)16-9-5-14(19)6-10-16/h3-10,18-19H,11-12H2,1-2H3. The molecule has 0 heterocycles. The van der Waals surface area contributed by atoms with E-state index in [1.165, 1.54) is 36.4 Å². The third-order valence-electron chi connectivity index (χ3n) is 3.56. The molecular formula is C17H20O5S. The van der Waals surface area contributed by atoms with Gasteiger partial charge in [-0.3, -0.25) is 0 Å². The molecule has 2 rings (SSSR count). The van der Waals surface area contributed by atoms with Crippen LogP contribution in [0.5, 0.6) is 5.75 Å². The van der Waals surface area contributed by atoms with Gasteiger partial charge in [0.25, 0.3) is 0 Å². The summed E-state index contributed by atoms with van der Waals surface area (Å²) in [5.74, 6) is 0.0158. The normalized spacial score (nSPS) is 12.3. The van der Waals surface area contributed by atoms with Gasteiger partial charge in [-0.1, -0.05) is 12.1 Å². The van der Waals surface area contributed by atoms with Gasteiger partial charge in [0.15, 0.2) is 0 Å². The zero-order valence-electron chi connectivity index (χ0n) is 13.1. The topological polar surface area (TPSA) is 83.8 Å². The van der Waals surface area contributed by atoms with E-state index in [2.05, 4.69) is 0 Å². The van der Waals surface area contributed by atoms with Crippen LogP contribution in [0.3, 0.4) is 0 Å². The quantitative estimate of drug-likeness (QED) is 0.846. The maximum absolute atomic E-state index is 12.5. The average Bonchev–Trinajstić information content (AvgIpc) is 2.53. The number of sulfone groups is 1. The predicted octanol–water partition coefficient (Wildman–Crippen LogP) is 2.47. The van der Waals surface area contributed by atoms with Crippen molar-refractivity contribution < 1.29 is 23.4 Å². The minimum absolute atomic E-state index is 0.0158. The van der Waals surface area contributed by atoms with Crippen molar-refractivity contribution in [3.05, 3.63) is 54.1 Å². The van der Waals surface area contributed by atoms with Crippen molar-refractivity contribution in [3.63, 3.8) is 0 Å². The molecule has 23 heavy (non-hydrogen) atoms. The maximum Gasteiger partial charge on any atom is 0.206 e. The van der Waals surface area contributed by atoms with Crippen molar-refractivity contribution in [1.82, 2.24) is 0 Å². The fraction of sp³-hybridized carbons (Fsp3) is 0.294. The van der Waals surface area contributed by atoms with E-state index in [0.717, 1.165) is 5.56 Å². The van der Waals surface area contributed by atoms with Gasteiger partial charge in [0.2, 0.25) is 9.84 Å². The first-order valence-electron chi connectivity index (χ1n) is 7.17. The molecule has 2 aromatic carbocycles. The van der Waals surface area contributed by atoms with Gasteiger partial charge in [0.05, 0.1) is 28.6 Å². The minimum atomic E-state index is -3.63. The van der Waals surface area contributed by atoms with E-state index in [1.54, 1.807) is 12.1 Å². The van der Waals surface area contributed by atoms with Gasteiger partial charge in [0.1, 0.15) is 5.75 Å². The van der Waals surface area contributed by atoms with Crippen LogP contribution in [0.25, 0.3) is 0 Å². The SMILES string of the molecule is CC(C)(OCCO)c1ccc(S(=O)(=O)c2ccc(O)cc2)cc1. The van der Waals surface area contributed by atoms with Crippen LogP contribution in [0.1, 0.15) is 19.4 Å². The smallest absolute Gasteiger partial charge is 0.206 e. The molecule has 0 bridgehead atoms. The van der Waals surface area contributed by atoms with Crippen LogP contribution in [0.4, 0.5) is 0 Å². The molecule has 6 heteroatoms. The molecule has 2 N–H and O–H groups in total. The molecule has 124 valence electrons. The van der Waals surface area contributed by atoms with Crippen molar-refractivity contribution in [2.24, 2.45) is 0 Å². The Morgan fingerprint density at radius 2 is 1.43 bits per heavy atom. The number of aliphatic hydroxyl groups is 1. The Bertz CT molecular complexity index is 747. The molecule has 0 radical (unpaired) electrons. The van der Waals surface area contributed by atoms with Crippen molar-refractivity contribution in [1.29, 1.82) is 0 Å². The summed E-state index contributed by atoms with van der Waals surface area (Å²) in [5.41, 5.74) is 0.194. The van der Waals surface area contributed by atoms with Gasteiger partial charge in [-0.25, -0.2) is 8.42 Å². The number of benzene rings is 2. The average molecular weight is 336 g/mol. The van der Waals surface area contributed by atoms with Crippen molar-refractivity contribution in [2.75, 3.05) is 13.2 Å². The molecule has 0 atom stereocenters. The lowest BCUT2D eigenvalue weighted by molar-refractivity contribution is -0.0370. The molecule has 0 fully saturated rings. The first-order chi connectivity index (χ1) is 10.8. The molecule has 0 aliphatic heterocycles. The molecule has 0 saturated carbocycles. The van der Waals surface area contributed by atoms with Crippen molar-refractivity contribution in [3.8, 4) is 5.75 Å². The molecule has 0 aliphatic rings. The van der Waals surface area contributed by atoms with Gasteiger partial charge >= 0.3 is 0 Å². The number of hydrogen-bond acceptors (Lipinski definition) is 5. The minimum Gasteiger partial charge on any atom is -0.508 e. The van der Waals surface area contributed by atoms with Crippen molar-refractivity contribution >= 4 is 9.84 Å². The molecule has 5 nitrogen and oxygen atoms in total. The van der Waals surface area contributed by atoms with Crippen molar-refractivity contribution in [2.45, 2.75) is 29.2 Å².